The van der Waals surface area contributed by atoms with Crippen molar-refractivity contribution in [1.29, 1.82) is 0 Å². The molecule has 2 aromatic rings. The molecule has 0 aliphatic carbocycles. The molecule has 0 spiro atoms. The highest BCUT2D eigenvalue weighted by atomic mass is 16.2. The first-order valence-corrected chi connectivity index (χ1v) is 8.20. The molecular weight excluding hydrogens is 286 g/mol. The van der Waals surface area contributed by atoms with Crippen molar-refractivity contribution in [2.75, 3.05) is 38.0 Å². The maximum atomic E-state index is 12.2. The molecule has 0 radical (unpaired) electrons. The second kappa shape index (κ2) is 7.90. The summed E-state index contributed by atoms with van der Waals surface area (Å²) in [6.45, 7) is 4.37. The van der Waals surface area contributed by atoms with Crippen LogP contribution in [0, 0.1) is 0 Å². The molecule has 1 heterocycles. The zero-order valence-electron chi connectivity index (χ0n) is 13.3. The molecule has 1 aliphatic rings. The van der Waals surface area contributed by atoms with Crippen LogP contribution in [0.4, 0.5) is 5.69 Å². The van der Waals surface area contributed by atoms with Gasteiger partial charge in [-0.15, -0.1) is 0 Å². The van der Waals surface area contributed by atoms with Gasteiger partial charge in [0.15, 0.2) is 0 Å². The van der Waals surface area contributed by atoms with E-state index < -0.39 is 0 Å². The second-order valence-corrected chi connectivity index (χ2v) is 5.87. The van der Waals surface area contributed by atoms with E-state index in [1.54, 1.807) is 0 Å². The number of carbonyl (C=O) groups excluding carboxylic acids is 1. The van der Waals surface area contributed by atoms with E-state index in [2.05, 4.69) is 27.7 Å². The van der Waals surface area contributed by atoms with Gasteiger partial charge in [0.05, 0.1) is 6.54 Å². The largest absolute Gasteiger partial charge is 0.325 e. The predicted molar refractivity (Wildman–Crippen MR) is 94.4 cm³/mol. The van der Waals surface area contributed by atoms with Gasteiger partial charge >= 0.3 is 0 Å². The number of hydrogen-bond acceptors (Lipinski definition) is 3. The van der Waals surface area contributed by atoms with Crippen LogP contribution in [0.2, 0.25) is 0 Å². The quantitative estimate of drug-likeness (QED) is 0.912. The number of rotatable bonds is 4. The Kier molecular flexibility index (Phi) is 5.40. The highest BCUT2D eigenvalue weighted by Crippen LogP contribution is 2.20. The van der Waals surface area contributed by atoms with Crippen molar-refractivity contribution in [3.05, 3.63) is 54.6 Å². The van der Waals surface area contributed by atoms with E-state index in [-0.39, 0.29) is 5.91 Å². The fourth-order valence-electron chi connectivity index (χ4n) is 2.84. The molecule has 4 heteroatoms. The first-order valence-electron chi connectivity index (χ1n) is 8.20. The van der Waals surface area contributed by atoms with E-state index in [0.29, 0.717) is 6.54 Å². The fraction of sp³-hybridized carbons (Fsp3) is 0.316. The van der Waals surface area contributed by atoms with E-state index in [1.165, 1.54) is 5.56 Å². The van der Waals surface area contributed by atoms with Crippen LogP contribution in [0.3, 0.4) is 0 Å². The smallest absolute Gasteiger partial charge is 0.238 e. The van der Waals surface area contributed by atoms with Crippen LogP contribution >= 0.6 is 0 Å². The first-order chi connectivity index (χ1) is 11.3. The van der Waals surface area contributed by atoms with Crippen LogP contribution in [0.25, 0.3) is 11.1 Å². The zero-order valence-corrected chi connectivity index (χ0v) is 13.3. The second-order valence-electron chi connectivity index (χ2n) is 5.87. The van der Waals surface area contributed by atoms with Crippen LogP contribution in [-0.2, 0) is 4.79 Å². The Balaban J connectivity index is 1.56. The standard InChI is InChI=1S/C19H23N3O/c23-19(15-22-13-4-11-20-12-14-22)21-18-9-7-17(8-10-18)16-5-2-1-3-6-16/h1-3,5-10,20H,4,11-15H2,(H,21,23). The highest BCUT2D eigenvalue weighted by molar-refractivity contribution is 5.92. The molecule has 0 saturated carbocycles. The molecule has 3 rings (SSSR count). The Morgan fingerprint density at radius 2 is 1.70 bits per heavy atom. The molecule has 1 saturated heterocycles. The Labute approximate surface area is 137 Å². The van der Waals surface area contributed by atoms with Crippen molar-refractivity contribution in [3.8, 4) is 11.1 Å². The summed E-state index contributed by atoms with van der Waals surface area (Å²) in [4.78, 5) is 14.4. The van der Waals surface area contributed by atoms with Gasteiger partial charge in [-0.1, -0.05) is 42.5 Å². The Morgan fingerprint density at radius 1 is 0.957 bits per heavy atom. The lowest BCUT2D eigenvalue weighted by Crippen LogP contribution is -2.35. The lowest BCUT2D eigenvalue weighted by Gasteiger charge is -2.18. The minimum atomic E-state index is 0.0550. The summed E-state index contributed by atoms with van der Waals surface area (Å²) < 4.78 is 0. The van der Waals surface area contributed by atoms with Crippen molar-refractivity contribution < 1.29 is 4.79 Å². The number of benzene rings is 2. The van der Waals surface area contributed by atoms with Crippen LogP contribution in [-0.4, -0.2) is 43.5 Å². The Hall–Kier alpha value is -2.17. The molecule has 1 fully saturated rings. The molecule has 0 atom stereocenters. The fourth-order valence-corrected chi connectivity index (χ4v) is 2.84. The molecule has 4 nitrogen and oxygen atoms in total. The van der Waals surface area contributed by atoms with Crippen molar-refractivity contribution in [3.63, 3.8) is 0 Å². The van der Waals surface area contributed by atoms with E-state index in [9.17, 15) is 4.79 Å². The van der Waals surface area contributed by atoms with Crippen LogP contribution in [0.5, 0.6) is 0 Å². The Bertz CT molecular complexity index is 617. The van der Waals surface area contributed by atoms with Crippen LogP contribution in [0.1, 0.15) is 6.42 Å². The van der Waals surface area contributed by atoms with E-state index in [0.717, 1.165) is 43.9 Å². The van der Waals surface area contributed by atoms with E-state index >= 15 is 0 Å². The minimum Gasteiger partial charge on any atom is -0.325 e. The normalized spacial score (nSPS) is 15.8. The highest BCUT2D eigenvalue weighted by Gasteiger charge is 2.12. The van der Waals surface area contributed by atoms with E-state index in [4.69, 9.17) is 0 Å². The topological polar surface area (TPSA) is 44.4 Å². The SMILES string of the molecule is O=C(CN1CCCNCC1)Nc1ccc(-c2ccccc2)cc1. The van der Waals surface area contributed by atoms with Gasteiger partial charge in [0.1, 0.15) is 0 Å². The summed E-state index contributed by atoms with van der Waals surface area (Å²) in [6.07, 6.45) is 1.10. The molecule has 1 amide bonds. The van der Waals surface area contributed by atoms with Crippen molar-refractivity contribution in [1.82, 2.24) is 10.2 Å². The predicted octanol–water partition coefficient (Wildman–Crippen LogP) is 2.59. The van der Waals surface area contributed by atoms with Gasteiger partial charge in [-0.05, 0) is 42.8 Å². The van der Waals surface area contributed by atoms with Crippen LogP contribution in [0.15, 0.2) is 54.6 Å². The summed E-state index contributed by atoms with van der Waals surface area (Å²) in [5.74, 6) is 0.0550. The molecule has 0 aromatic heterocycles. The summed E-state index contributed by atoms with van der Waals surface area (Å²) in [7, 11) is 0. The Morgan fingerprint density at radius 3 is 2.48 bits per heavy atom. The first kappa shape index (κ1) is 15.7. The van der Waals surface area contributed by atoms with Gasteiger partial charge in [0, 0.05) is 18.8 Å². The number of amides is 1. The maximum absolute atomic E-state index is 12.2. The minimum absolute atomic E-state index is 0.0550. The number of carbonyl (C=O) groups is 1. The lowest BCUT2D eigenvalue weighted by molar-refractivity contribution is -0.117. The van der Waals surface area contributed by atoms with Crippen molar-refractivity contribution in [2.24, 2.45) is 0 Å². The van der Waals surface area contributed by atoms with Crippen LogP contribution < -0.4 is 10.6 Å². The van der Waals surface area contributed by atoms with Gasteiger partial charge < -0.3 is 10.6 Å². The summed E-state index contributed by atoms with van der Waals surface area (Å²) in [6, 6.07) is 18.2. The van der Waals surface area contributed by atoms with Gasteiger partial charge in [0.25, 0.3) is 0 Å². The molecule has 1 aliphatic heterocycles. The summed E-state index contributed by atoms with van der Waals surface area (Å²) in [5.41, 5.74) is 3.19. The molecule has 0 unspecified atom stereocenters. The average Bonchev–Trinajstić information content (AvgIpc) is 2.85. The molecule has 23 heavy (non-hydrogen) atoms. The van der Waals surface area contributed by atoms with Gasteiger partial charge in [-0.3, -0.25) is 9.69 Å². The molecular formula is C19H23N3O. The third kappa shape index (κ3) is 4.65. The lowest BCUT2D eigenvalue weighted by atomic mass is 10.1. The zero-order chi connectivity index (χ0) is 15.9. The number of nitrogens with zero attached hydrogens (tertiary/aromatic N) is 1. The third-order valence-electron chi connectivity index (χ3n) is 4.08. The monoisotopic (exact) mass is 309 g/mol. The molecule has 2 aromatic carbocycles. The number of nitrogens with one attached hydrogen (secondary N) is 2. The number of hydrogen-bond donors (Lipinski definition) is 2. The molecule has 0 bridgehead atoms. The van der Waals surface area contributed by atoms with E-state index in [1.807, 2.05) is 42.5 Å². The average molecular weight is 309 g/mol. The van der Waals surface area contributed by atoms with Crippen molar-refractivity contribution >= 4 is 11.6 Å². The summed E-state index contributed by atoms with van der Waals surface area (Å²) >= 11 is 0. The van der Waals surface area contributed by atoms with Gasteiger partial charge in [-0.2, -0.15) is 0 Å². The van der Waals surface area contributed by atoms with Gasteiger partial charge in [-0.25, -0.2) is 0 Å². The molecule has 2 N–H and O–H groups in total. The van der Waals surface area contributed by atoms with Crippen molar-refractivity contribution in [2.45, 2.75) is 6.42 Å². The molecule has 120 valence electrons. The summed E-state index contributed by atoms with van der Waals surface area (Å²) in [5, 5.41) is 6.34. The maximum Gasteiger partial charge on any atom is 0.238 e. The van der Waals surface area contributed by atoms with Gasteiger partial charge in [0.2, 0.25) is 5.91 Å². The third-order valence-corrected chi connectivity index (χ3v) is 4.08. The number of anilines is 1.